The number of hydrogen-bond acceptors (Lipinski definition) is 2. The second-order valence-electron chi connectivity index (χ2n) is 4.95. The molecular weight excluding hydrogens is 254 g/mol. The Morgan fingerprint density at radius 1 is 1.41 bits per heavy atom. The minimum Gasteiger partial charge on any atom is -0.348 e. The predicted molar refractivity (Wildman–Crippen MR) is 72.8 cm³/mol. The van der Waals surface area contributed by atoms with Gasteiger partial charge in [-0.3, -0.25) is 4.79 Å². The van der Waals surface area contributed by atoms with Crippen molar-refractivity contribution in [2.45, 2.75) is 39.2 Å². The van der Waals surface area contributed by atoms with E-state index < -0.39 is 0 Å². The van der Waals surface area contributed by atoms with Crippen molar-refractivity contribution in [3.05, 3.63) is 21.3 Å². The average molecular weight is 272 g/mol. The van der Waals surface area contributed by atoms with Crippen molar-refractivity contribution < 1.29 is 4.79 Å². The first kappa shape index (κ1) is 12.9. The van der Waals surface area contributed by atoms with Gasteiger partial charge in [-0.1, -0.05) is 38.3 Å². The molecule has 0 saturated heterocycles. The summed E-state index contributed by atoms with van der Waals surface area (Å²) in [6.07, 6.45) is 3.58. The molecule has 1 amide bonds. The molecule has 0 unspecified atom stereocenters. The van der Waals surface area contributed by atoms with Gasteiger partial charge in [0, 0.05) is 6.04 Å². The van der Waals surface area contributed by atoms with Crippen LogP contribution in [0.4, 0.5) is 0 Å². The first-order valence-corrected chi connectivity index (χ1v) is 7.33. The van der Waals surface area contributed by atoms with Crippen LogP contribution in [0.1, 0.15) is 42.8 Å². The Kier molecular flexibility index (Phi) is 4.10. The highest BCUT2D eigenvalue weighted by molar-refractivity contribution is 7.17. The van der Waals surface area contributed by atoms with Crippen molar-refractivity contribution in [1.29, 1.82) is 0 Å². The molecule has 3 atom stereocenters. The van der Waals surface area contributed by atoms with Crippen LogP contribution >= 0.6 is 22.9 Å². The smallest absolute Gasteiger partial charge is 0.261 e. The maximum Gasteiger partial charge on any atom is 0.261 e. The first-order valence-electron chi connectivity index (χ1n) is 6.14. The van der Waals surface area contributed by atoms with Crippen molar-refractivity contribution in [2.75, 3.05) is 0 Å². The van der Waals surface area contributed by atoms with E-state index in [1.165, 1.54) is 24.2 Å². The average Bonchev–Trinajstić information content (AvgIpc) is 2.72. The summed E-state index contributed by atoms with van der Waals surface area (Å²) >= 11 is 7.18. The lowest BCUT2D eigenvalue weighted by molar-refractivity contribution is 0.0895. The lowest BCUT2D eigenvalue weighted by Gasteiger charge is -2.34. The molecule has 2 rings (SSSR count). The lowest BCUT2D eigenvalue weighted by atomic mass is 9.78. The maximum absolute atomic E-state index is 12.0. The molecule has 17 heavy (non-hydrogen) atoms. The zero-order chi connectivity index (χ0) is 12.4. The standard InChI is InChI=1S/C13H18ClNOS/c1-8-4-3-5-10(9(8)2)15-13(16)11-6-7-12(14)17-11/h6-10H,3-5H2,1-2H3,(H,15,16)/t8-,9+,10+/m0/s1. The molecule has 4 heteroatoms. The Labute approximate surface area is 111 Å². The number of thiophene rings is 1. The molecular formula is C13H18ClNOS. The number of nitrogens with one attached hydrogen (secondary N) is 1. The van der Waals surface area contributed by atoms with E-state index >= 15 is 0 Å². The van der Waals surface area contributed by atoms with Crippen LogP contribution in [0, 0.1) is 11.8 Å². The third kappa shape index (κ3) is 3.02. The Morgan fingerprint density at radius 2 is 2.18 bits per heavy atom. The summed E-state index contributed by atoms with van der Waals surface area (Å²) in [5.74, 6) is 1.27. The zero-order valence-electron chi connectivity index (χ0n) is 10.2. The topological polar surface area (TPSA) is 29.1 Å². The number of rotatable bonds is 2. The van der Waals surface area contributed by atoms with Crippen LogP contribution in [-0.2, 0) is 0 Å². The van der Waals surface area contributed by atoms with Gasteiger partial charge in [0.25, 0.3) is 5.91 Å². The fourth-order valence-electron chi connectivity index (χ4n) is 2.46. The minimum atomic E-state index is 0.0212. The summed E-state index contributed by atoms with van der Waals surface area (Å²) < 4.78 is 0.667. The van der Waals surface area contributed by atoms with Crippen molar-refractivity contribution in [3.63, 3.8) is 0 Å². The van der Waals surface area contributed by atoms with E-state index in [1.807, 2.05) is 0 Å². The monoisotopic (exact) mass is 271 g/mol. The molecule has 2 nitrogen and oxygen atoms in total. The molecule has 1 saturated carbocycles. The first-order chi connectivity index (χ1) is 8.08. The SMILES string of the molecule is C[C@@H]1[C@@H](C)CCC[C@H]1NC(=O)c1ccc(Cl)s1. The van der Waals surface area contributed by atoms with Gasteiger partial charge < -0.3 is 5.32 Å². The maximum atomic E-state index is 12.0. The normalized spacial score (nSPS) is 29.0. The van der Waals surface area contributed by atoms with Gasteiger partial charge in [-0.25, -0.2) is 0 Å². The van der Waals surface area contributed by atoms with Crippen molar-refractivity contribution in [1.82, 2.24) is 5.32 Å². The summed E-state index contributed by atoms with van der Waals surface area (Å²) in [4.78, 5) is 12.7. The van der Waals surface area contributed by atoms with Crippen molar-refractivity contribution >= 4 is 28.8 Å². The van der Waals surface area contributed by atoms with Gasteiger partial charge in [-0.05, 0) is 30.4 Å². The summed E-state index contributed by atoms with van der Waals surface area (Å²) in [6, 6.07) is 3.87. The van der Waals surface area contributed by atoms with E-state index in [2.05, 4.69) is 19.2 Å². The van der Waals surface area contributed by atoms with Crippen LogP contribution in [0.15, 0.2) is 12.1 Å². The van der Waals surface area contributed by atoms with E-state index in [-0.39, 0.29) is 5.91 Å². The van der Waals surface area contributed by atoms with Crippen LogP contribution in [0.5, 0.6) is 0 Å². The highest BCUT2D eigenvalue weighted by atomic mass is 35.5. The predicted octanol–water partition coefficient (Wildman–Crippen LogP) is 3.96. The zero-order valence-corrected chi connectivity index (χ0v) is 11.8. The highest BCUT2D eigenvalue weighted by Gasteiger charge is 2.28. The molecule has 0 aromatic carbocycles. The van der Waals surface area contributed by atoms with Crippen molar-refractivity contribution in [3.8, 4) is 0 Å². The Bertz CT molecular complexity index is 404. The molecule has 0 aliphatic heterocycles. The fraction of sp³-hybridized carbons (Fsp3) is 0.615. The Balaban J connectivity index is 1.98. The van der Waals surface area contributed by atoms with Crippen LogP contribution in [0.25, 0.3) is 0 Å². The largest absolute Gasteiger partial charge is 0.348 e. The molecule has 0 spiro atoms. The molecule has 1 aliphatic rings. The molecule has 0 radical (unpaired) electrons. The third-order valence-electron chi connectivity index (χ3n) is 3.82. The quantitative estimate of drug-likeness (QED) is 0.867. The van der Waals surface area contributed by atoms with E-state index in [9.17, 15) is 4.79 Å². The number of halogens is 1. The van der Waals surface area contributed by atoms with E-state index in [1.54, 1.807) is 12.1 Å². The minimum absolute atomic E-state index is 0.0212. The molecule has 0 bridgehead atoms. The molecule has 1 aliphatic carbocycles. The molecule has 94 valence electrons. The third-order valence-corrected chi connectivity index (χ3v) is 5.05. The fourth-order valence-corrected chi connectivity index (χ4v) is 3.41. The molecule has 1 aromatic rings. The second kappa shape index (κ2) is 5.40. The number of carbonyl (C=O) groups excluding carboxylic acids is 1. The summed E-state index contributed by atoms with van der Waals surface area (Å²) in [5, 5.41) is 3.14. The lowest BCUT2D eigenvalue weighted by Crippen LogP contribution is -2.43. The summed E-state index contributed by atoms with van der Waals surface area (Å²) in [7, 11) is 0. The van der Waals surface area contributed by atoms with Gasteiger partial charge in [0.2, 0.25) is 0 Å². The summed E-state index contributed by atoms with van der Waals surface area (Å²) in [6.45, 7) is 4.50. The van der Waals surface area contributed by atoms with E-state index in [0.29, 0.717) is 27.1 Å². The van der Waals surface area contributed by atoms with Gasteiger partial charge in [-0.2, -0.15) is 0 Å². The van der Waals surface area contributed by atoms with Crippen LogP contribution in [0.2, 0.25) is 4.34 Å². The van der Waals surface area contributed by atoms with Gasteiger partial charge in [-0.15, -0.1) is 11.3 Å². The van der Waals surface area contributed by atoms with Crippen LogP contribution in [0.3, 0.4) is 0 Å². The van der Waals surface area contributed by atoms with E-state index in [4.69, 9.17) is 11.6 Å². The van der Waals surface area contributed by atoms with Crippen LogP contribution in [-0.4, -0.2) is 11.9 Å². The molecule has 1 fully saturated rings. The van der Waals surface area contributed by atoms with E-state index in [0.717, 1.165) is 6.42 Å². The van der Waals surface area contributed by atoms with Gasteiger partial charge in [0.1, 0.15) is 0 Å². The van der Waals surface area contributed by atoms with Gasteiger partial charge >= 0.3 is 0 Å². The second-order valence-corrected chi connectivity index (χ2v) is 6.67. The van der Waals surface area contributed by atoms with Gasteiger partial charge in [0.05, 0.1) is 9.21 Å². The number of amides is 1. The Morgan fingerprint density at radius 3 is 2.82 bits per heavy atom. The molecule has 1 aromatic heterocycles. The molecule has 1 heterocycles. The number of carbonyl (C=O) groups is 1. The van der Waals surface area contributed by atoms with Gasteiger partial charge in [0.15, 0.2) is 0 Å². The van der Waals surface area contributed by atoms with Crippen LogP contribution < -0.4 is 5.32 Å². The molecule has 1 N–H and O–H groups in total. The number of hydrogen-bond donors (Lipinski definition) is 1. The van der Waals surface area contributed by atoms with Crippen molar-refractivity contribution in [2.24, 2.45) is 11.8 Å². The Hall–Kier alpha value is -0.540. The summed E-state index contributed by atoms with van der Waals surface area (Å²) in [5.41, 5.74) is 0. The highest BCUT2D eigenvalue weighted by Crippen LogP contribution is 2.30.